The molecule has 0 unspecified atom stereocenters. The summed E-state index contributed by atoms with van der Waals surface area (Å²) in [7, 11) is 0. The molecule has 2 nitrogen and oxygen atoms in total. The second kappa shape index (κ2) is 7.45. The molecule has 0 saturated heterocycles. The second-order valence-corrected chi connectivity index (χ2v) is 4.33. The fourth-order valence-corrected chi connectivity index (χ4v) is 1.57. The van der Waals surface area contributed by atoms with Gasteiger partial charge >= 0.3 is 0 Å². The lowest BCUT2D eigenvalue weighted by Crippen LogP contribution is -2.12. The summed E-state index contributed by atoms with van der Waals surface area (Å²) in [4.78, 5) is 0. The fraction of sp³-hybridized carbons (Fsp3) is 0.400. The Morgan fingerprint density at radius 3 is 2.29 bits per heavy atom. The molecule has 0 spiro atoms. The van der Waals surface area contributed by atoms with Crippen molar-refractivity contribution in [2.45, 2.75) is 18.9 Å². The maximum Gasteiger partial charge on any atom is 0.0295 e. The van der Waals surface area contributed by atoms with E-state index in [4.69, 9.17) is 11.5 Å². The highest BCUT2D eigenvalue weighted by Gasteiger charge is 2.03. The van der Waals surface area contributed by atoms with Crippen LogP contribution in [0.5, 0.6) is 0 Å². The van der Waals surface area contributed by atoms with Crippen LogP contribution in [0.4, 0.5) is 0 Å². The van der Waals surface area contributed by atoms with Crippen LogP contribution in [0.15, 0.2) is 24.3 Å². The molecule has 0 aliphatic rings. The molecule has 0 aliphatic carbocycles. The van der Waals surface area contributed by atoms with Crippen LogP contribution in [0.2, 0.25) is 0 Å². The molecule has 0 aliphatic heterocycles. The Morgan fingerprint density at radius 1 is 1.21 bits per heavy atom. The van der Waals surface area contributed by atoms with Crippen LogP contribution in [0, 0.1) is 3.57 Å². The summed E-state index contributed by atoms with van der Waals surface area (Å²) >= 11 is 2.29. The van der Waals surface area contributed by atoms with Gasteiger partial charge in [-0.15, -0.1) is 12.4 Å². The van der Waals surface area contributed by atoms with Crippen molar-refractivity contribution in [1.82, 2.24) is 0 Å². The Morgan fingerprint density at radius 2 is 1.79 bits per heavy atom. The third-order valence-corrected chi connectivity index (χ3v) is 2.74. The zero-order valence-electron chi connectivity index (χ0n) is 7.95. The van der Waals surface area contributed by atoms with Crippen molar-refractivity contribution in [2.75, 3.05) is 6.54 Å². The van der Waals surface area contributed by atoms with Gasteiger partial charge in [-0.3, -0.25) is 0 Å². The Balaban J connectivity index is 0.00000169. The third kappa shape index (κ3) is 4.59. The lowest BCUT2D eigenvalue weighted by molar-refractivity contribution is 0.618. The van der Waals surface area contributed by atoms with E-state index in [0.29, 0.717) is 0 Å². The van der Waals surface area contributed by atoms with Gasteiger partial charge in [-0.2, -0.15) is 0 Å². The van der Waals surface area contributed by atoms with Crippen molar-refractivity contribution in [3.63, 3.8) is 0 Å². The summed E-state index contributed by atoms with van der Waals surface area (Å²) in [6.07, 6.45) is 1.96. The lowest BCUT2D eigenvalue weighted by Gasteiger charge is -2.10. The molecule has 0 amide bonds. The average Bonchev–Trinajstić information content (AvgIpc) is 2.15. The molecule has 1 aromatic carbocycles. The highest BCUT2D eigenvalue weighted by molar-refractivity contribution is 14.1. The summed E-state index contributed by atoms with van der Waals surface area (Å²) in [5, 5.41) is 0. The fourth-order valence-electron chi connectivity index (χ4n) is 1.21. The van der Waals surface area contributed by atoms with Crippen LogP contribution in [0.1, 0.15) is 24.4 Å². The van der Waals surface area contributed by atoms with Gasteiger partial charge in [0.25, 0.3) is 0 Å². The topological polar surface area (TPSA) is 52.0 Å². The maximum absolute atomic E-state index is 5.97. The Hall–Kier alpha value is 0.160. The smallest absolute Gasteiger partial charge is 0.0295 e. The largest absolute Gasteiger partial charge is 0.330 e. The number of rotatable bonds is 4. The monoisotopic (exact) mass is 326 g/mol. The molecular weight excluding hydrogens is 310 g/mol. The molecule has 0 bridgehead atoms. The molecule has 4 N–H and O–H groups in total. The van der Waals surface area contributed by atoms with Crippen molar-refractivity contribution >= 4 is 35.0 Å². The first kappa shape index (κ1) is 14.2. The van der Waals surface area contributed by atoms with E-state index in [9.17, 15) is 0 Å². The number of nitrogens with two attached hydrogens (primary N) is 2. The molecular formula is C10H16ClIN2. The first-order valence-electron chi connectivity index (χ1n) is 4.45. The summed E-state index contributed by atoms with van der Waals surface area (Å²) in [6.45, 7) is 0.720. The first-order valence-corrected chi connectivity index (χ1v) is 5.53. The molecule has 1 rings (SSSR count). The van der Waals surface area contributed by atoms with Gasteiger partial charge in [-0.05, 0) is 59.7 Å². The Kier molecular flexibility index (Phi) is 7.54. The molecule has 0 aromatic heterocycles. The van der Waals surface area contributed by atoms with Crippen LogP contribution < -0.4 is 11.5 Å². The first-order chi connectivity index (χ1) is 6.24. The summed E-state index contributed by atoms with van der Waals surface area (Å²) in [5.41, 5.74) is 12.6. The van der Waals surface area contributed by atoms with Crippen LogP contribution in [0.3, 0.4) is 0 Å². The zero-order chi connectivity index (χ0) is 9.68. The predicted molar refractivity (Wildman–Crippen MR) is 71.6 cm³/mol. The third-order valence-electron chi connectivity index (χ3n) is 2.02. The van der Waals surface area contributed by atoms with E-state index in [1.165, 1.54) is 9.13 Å². The van der Waals surface area contributed by atoms with Gasteiger partial charge in [0, 0.05) is 9.61 Å². The van der Waals surface area contributed by atoms with Gasteiger partial charge in [-0.1, -0.05) is 12.1 Å². The maximum atomic E-state index is 5.97. The lowest BCUT2D eigenvalue weighted by atomic mass is 10.0. The number of halogens is 2. The van der Waals surface area contributed by atoms with Crippen LogP contribution in [-0.2, 0) is 0 Å². The predicted octanol–water partition coefficient (Wildman–Crippen LogP) is 2.45. The summed E-state index contributed by atoms with van der Waals surface area (Å²) < 4.78 is 1.24. The van der Waals surface area contributed by atoms with Crippen molar-refractivity contribution in [1.29, 1.82) is 0 Å². The molecule has 14 heavy (non-hydrogen) atoms. The van der Waals surface area contributed by atoms with E-state index >= 15 is 0 Å². The van der Waals surface area contributed by atoms with E-state index in [0.717, 1.165) is 19.4 Å². The van der Waals surface area contributed by atoms with Gasteiger partial charge in [0.2, 0.25) is 0 Å². The van der Waals surface area contributed by atoms with Gasteiger partial charge in [0.1, 0.15) is 0 Å². The van der Waals surface area contributed by atoms with Gasteiger partial charge in [-0.25, -0.2) is 0 Å². The SMILES string of the molecule is Cl.NCCC[C@@H](N)c1ccc(I)cc1. The molecule has 0 radical (unpaired) electrons. The van der Waals surface area contributed by atoms with E-state index in [-0.39, 0.29) is 18.4 Å². The highest BCUT2D eigenvalue weighted by atomic mass is 127. The van der Waals surface area contributed by atoms with Crippen molar-refractivity contribution in [2.24, 2.45) is 11.5 Å². The zero-order valence-corrected chi connectivity index (χ0v) is 10.9. The molecule has 1 aromatic rings. The van der Waals surface area contributed by atoms with Crippen LogP contribution in [0.25, 0.3) is 0 Å². The molecule has 1 atom stereocenters. The van der Waals surface area contributed by atoms with Crippen molar-refractivity contribution < 1.29 is 0 Å². The van der Waals surface area contributed by atoms with E-state index < -0.39 is 0 Å². The molecule has 0 fully saturated rings. The van der Waals surface area contributed by atoms with Crippen molar-refractivity contribution in [3.05, 3.63) is 33.4 Å². The minimum Gasteiger partial charge on any atom is -0.330 e. The van der Waals surface area contributed by atoms with E-state index in [1.54, 1.807) is 0 Å². The highest BCUT2D eigenvalue weighted by Crippen LogP contribution is 2.16. The number of hydrogen-bond donors (Lipinski definition) is 2. The summed E-state index contributed by atoms with van der Waals surface area (Å²) in [6, 6.07) is 8.48. The van der Waals surface area contributed by atoms with Gasteiger partial charge < -0.3 is 11.5 Å². The number of hydrogen-bond acceptors (Lipinski definition) is 2. The van der Waals surface area contributed by atoms with Gasteiger partial charge in [0.05, 0.1) is 0 Å². The standard InChI is InChI=1S/C10H15IN2.ClH/c11-9-5-3-8(4-6-9)10(13)2-1-7-12;/h3-6,10H,1-2,7,12-13H2;1H/t10-;/m1./s1. The van der Waals surface area contributed by atoms with Crippen molar-refractivity contribution in [3.8, 4) is 0 Å². The average molecular weight is 327 g/mol. The Labute approximate surface area is 105 Å². The van der Waals surface area contributed by atoms with E-state index in [1.807, 2.05) is 0 Å². The molecule has 0 saturated carbocycles. The van der Waals surface area contributed by atoms with E-state index in [2.05, 4.69) is 46.9 Å². The summed E-state index contributed by atoms with van der Waals surface area (Å²) in [5.74, 6) is 0. The Bertz CT molecular complexity index is 251. The normalized spacial score (nSPS) is 11.9. The molecule has 0 heterocycles. The number of benzene rings is 1. The quantitative estimate of drug-likeness (QED) is 0.835. The second-order valence-electron chi connectivity index (χ2n) is 3.09. The molecule has 80 valence electrons. The minimum atomic E-state index is 0. The van der Waals surface area contributed by atoms with Gasteiger partial charge in [0.15, 0.2) is 0 Å². The minimum absolute atomic E-state index is 0. The van der Waals surface area contributed by atoms with Crippen LogP contribution in [-0.4, -0.2) is 6.54 Å². The van der Waals surface area contributed by atoms with Crippen LogP contribution >= 0.6 is 35.0 Å². The molecule has 4 heteroatoms.